The monoisotopic (exact) mass is 268 g/mol. The summed E-state index contributed by atoms with van der Waals surface area (Å²) >= 11 is 0. The Morgan fingerprint density at radius 1 is 1.37 bits per heavy atom. The van der Waals surface area contributed by atoms with Crippen molar-refractivity contribution in [3.63, 3.8) is 0 Å². The highest BCUT2D eigenvalue weighted by atomic mass is 16.6. The smallest absolute Gasteiger partial charge is 0.278 e. The lowest BCUT2D eigenvalue weighted by Gasteiger charge is -2.16. The summed E-state index contributed by atoms with van der Waals surface area (Å²) in [5, 5.41) is 28.6. The van der Waals surface area contributed by atoms with Crippen molar-refractivity contribution in [2.24, 2.45) is 0 Å². The molecule has 0 saturated carbocycles. The number of fused-ring (bicyclic) bond motifs is 1. The zero-order valence-corrected chi connectivity index (χ0v) is 9.67. The molecule has 2 aromatic heterocycles. The SMILES string of the molecule is O=c1[nH]cnc2c1ncn2[C@@H]1O[C@H](CO)[C@H](O)[C@@H]1O. The molecule has 3 rings (SSSR count). The fourth-order valence-electron chi connectivity index (χ4n) is 2.16. The standard InChI is InChI=1S/C10H12N4O5/c15-1-4-6(16)7(17)10(19-4)14-3-13-5-8(14)11-2-12-9(5)18/h2-4,6-7,10,15-17H,1H2,(H,11,12,18)/t4-,6+,7+,10-/m1/s1. The second-order valence-corrected chi connectivity index (χ2v) is 4.28. The average Bonchev–Trinajstić information content (AvgIpc) is 2.94. The molecule has 2 aromatic rings. The van der Waals surface area contributed by atoms with Crippen molar-refractivity contribution in [2.75, 3.05) is 6.61 Å². The molecule has 4 N–H and O–H groups in total. The number of aromatic amines is 1. The first-order valence-electron chi connectivity index (χ1n) is 5.66. The van der Waals surface area contributed by atoms with Gasteiger partial charge in [0.2, 0.25) is 0 Å². The molecule has 0 spiro atoms. The number of aliphatic hydroxyl groups excluding tert-OH is 3. The number of nitrogens with zero attached hydrogens (tertiary/aromatic N) is 3. The largest absolute Gasteiger partial charge is 0.394 e. The topological polar surface area (TPSA) is 133 Å². The van der Waals surface area contributed by atoms with Crippen LogP contribution >= 0.6 is 0 Å². The maximum Gasteiger partial charge on any atom is 0.278 e. The maximum absolute atomic E-state index is 11.5. The minimum absolute atomic E-state index is 0.111. The molecule has 4 atom stereocenters. The van der Waals surface area contributed by atoms with E-state index in [1.54, 1.807) is 0 Å². The summed E-state index contributed by atoms with van der Waals surface area (Å²) in [7, 11) is 0. The molecular formula is C10H12N4O5. The van der Waals surface area contributed by atoms with Crippen molar-refractivity contribution in [3.8, 4) is 0 Å². The van der Waals surface area contributed by atoms with Gasteiger partial charge in [0.05, 0.1) is 19.3 Å². The van der Waals surface area contributed by atoms with E-state index in [2.05, 4.69) is 15.0 Å². The van der Waals surface area contributed by atoms with Crippen LogP contribution in [0.15, 0.2) is 17.4 Å². The molecule has 0 aliphatic carbocycles. The Labute approximate surface area is 106 Å². The van der Waals surface area contributed by atoms with Gasteiger partial charge < -0.3 is 25.0 Å². The summed E-state index contributed by atoms with van der Waals surface area (Å²) in [6, 6.07) is 0. The second kappa shape index (κ2) is 4.38. The Morgan fingerprint density at radius 2 is 2.16 bits per heavy atom. The molecule has 1 aliphatic rings. The van der Waals surface area contributed by atoms with Gasteiger partial charge in [0.1, 0.15) is 18.3 Å². The van der Waals surface area contributed by atoms with Gasteiger partial charge in [0.25, 0.3) is 5.56 Å². The highest BCUT2D eigenvalue weighted by Crippen LogP contribution is 2.30. The molecular weight excluding hydrogens is 256 g/mol. The highest BCUT2D eigenvalue weighted by Gasteiger charge is 2.43. The fraction of sp³-hybridized carbons (Fsp3) is 0.500. The van der Waals surface area contributed by atoms with Gasteiger partial charge in [-0.05, 0) is 0 Å². The summed E-state index contributed by atoms with van der Waals surface area (Å²) in [6.07, 6.45) is -1.78. The predicted octanol–water partition coefficient (Wildman–Crippen LogP) is -2.27. The predicted molar refractivity (Wildman–Crippen MR) is 61.2 cm³/mol. The minimum Gasteiger partial charge on any atom is -0.394 e. The first-order chi connectivity index (χ1) is 9.13. The van der Waals surface area contributed by atoms with Gasteiger partial charge in [0, 0.05) is 0 Å². The number of aromatic nitrogens is 4. The Balaban J connectivity index is 2.06. The lowest BCUT2D eigenvalue weighted by atomic mass is 10.1. The van der Waals surface area contributed by atoms with Crippen LogP contribution in [0.5, 0.6) is 0 Å². The maximum atomic E-state index is 11.5. The average molecular weight is 268 g/mol. The van der Waals surface area contributed by atoms with Gasteiger partial charge in [-0.15, -0.1) is 0 Å². The number of hydrogen-bond donors (Lipinski definition) is 4. The van der Waals surface area contributed by atoms with Crippen LogP contribution in [0.4, 0.5) is 0 Å². The van der Waals surface area contributed by atoms with Gasteiger partial charge in [0.15, 0.2) is 17.4 Å². The van der Waals surface area contributed by atoms with E-state index in [0.717, 1.165) is 0 Å². The number of hydrogen-bond acceptors (Lipinski definition) is 7. The molecule has 0 amide bonds. The molecule has 0 radical (unpaired) electrons. The highest BCUT2D eigenvalue weighted by molar-refractivity contribution is 5.68. The third-order valence-electron chi connectivity index (χ3n) is 3.16. The Bertz CT molecular complexity index is 653. The summed E-state index contributed by atoms with van der Waals surface area (Å²) in [5.41, 5.74) is -0.0608. The Kier molecular flexibility index (Phi) is 2.82. The molecule has 1 saturated heterocycles. The van der Waals surface area contributed by atoms with Crippen LogP contribution in [0.2, 0.25) is 0 Å². The molecule has 3 heterocycles. The summed E-state index contributed by atoms with van der Waals surface area (Å²) in [5.74, 6) is 0. The van der Waals surface area contributed by atoms with Crippen LogP contribution in [0.25, 0.3) is 11.2 Å². The Hall–Kier alpha value is -1.81. The lowest BCUT2D eigenvalue weighted by molar-refractivity contribution is -0.0511. The van der Waals surface area contributed by atoms with Crippen LogP contribution < -0.4 is 5.56 Å². The molecule has 0 bridgehead atoms. The van der Waals surface area contributed by atoms with E-state index in [-0.39, 0.29) is 11.2 Å². The van der Waals surface area contributed by atoms with Gasteiger partial charge in [-0.1, -0.05) is 0 Å². The Morgan fingerprint density at radius 3 is 2.84 bits per heavy atom. The normalized spacial score (nSPS) is 31.1. The molecule has 0 unspecified atom stereocenters. The molecule has 9 nitrogen and oxygen atoms in total. The molecule has 1 fully saturated rings. The third-order valence-corrected chi connectivity index (χ3v) is 3.16. The molecule has 0 aromatic carbocycles. The van der Waals surface area contributed by atoms with Crippen LogP contribution in [0.1, 0.15) is 6.23 Å². The van der Waals surface area contributed by atoms with Crippen molar-refractivity contribution in [3.05, 3.63) is 23.0 Å². The summed E-state index contributed by atoms with van der Waals surface area (Å²) in [6.45, 7) is -0.421. The van der Waals surface area contributed by atoms with Crippen molar-refractivity contribution in [1.82, 2.24) is 19.5 Å². The summed E-state index contributed by atoms with van der Waals surface area (Å²) < 4.78 is 6.70. The van der Waals surface area contributed by atoms with E-state index in [1.807, 2.05) is 0 Å². The summed E-state index contributed by atoms with van der Waals surface area (Å²) in [4.78, 5) is 21.8. The first kappa shape index (κ1) is 12.2. The van der Waals surface area contributed by atoms with Crippen molar-refractivity contribution in [2.45, 2.75) is 24.5 Å². The van der Waals surface area contributed by atoms with Gasteiger partial charge in [-0.3, -0.25) is 9.36 Å². The number of aliphatic hydroxyl groups is 3. The number of H-pyrrole nitrogens is 1. The van der Waals surface area contributed by atoms with E-state index >= 15 is 0 Å². The number of ether oxygens (including phenoxy) is 1. The van der Waals surface area contributed by atoms with Gasteiger partial charge in [-0.2, -0.15) is 0 Å². The van der Waals surface area contributed by atoms with Crippen LogP contribution in [0, 0.1) is 0 Å². The van der Waals surface area contributed by atoms with Gasteiger partial charge >= 0.3 is 0 Å². The quantitative estimate of drug-likeness (QED) is 0.482. The number of imidazole rings is 1. The van der Waals surface area contributed by atoms with Crippen LogP contribution in [-0.4, -0.2) is 59.8 Å². The van der Waals surface area contributed by atoms with E-state index in [1.165, 1.54) is 17.2 Å². The fourth-order valence-corrected chi connectivity index (χ4v) is 2.16. The number of rotatable bonds is 2. The second-order valence-electron chi connectivity index (χ2n) is 4.28. The van der Waals surface area contributed by atoms with E-state index in [0.29, 0.717) is 0 Å². The van der Waals surface area contributed by atoms with Crippen molar-refractivity contribution < 1.29 is 20.1 Å². The zero-order chi connectivity index (χ0) is 13.6. The molecule has 9 heteroatoms. The molecule has 1 aliphatic heterocycles. The molecule has 19 heavy (non-hydrogen) atoms. The minimum atomic E-state index is -1.24. The van der Waals surface area contributed by atoms with Crippen molar-refractivity contribution >= 4 is 11.2 Å². The van der Waals surface area contributed by atoms with Gasteiger partial charge in [-0.25, -0.2) is 9.97 Å². The van der Waals surface area contributed by atoms with Crippen LogP contribution in [-0.2, 0) is 4.74 Å². The lowest BCUT2D eigenvalue weighted by Crippen LogP contribution is -2.33. The van der Waals surface area contributed by atoms with Crippen LogP contribution in [0.3, 0.4) is 0 Å². The van der Waals surface area contributed by atoms with Crippen molar-refractivity contribution in [1.29, 1.82) is 0 Å². The number of nitrogens with one attached hydrogen (secondary N) is 1. The zero-order valence-electron chi connectivity index (χ0n) is 9.67. The first-order valence-corrected chi connectivity index (χ1v) is 5.66. The van der Waals surface area contributed by atoms with E-state index in [4.69, 9.17) is 9.84 Å². The van der Waals surface area contributed by atoms with E-state index in [9.17, 15) is 15.0 Å². The molecule has 102 valence electrons. The third kappa shape index (κ3) is 1.75. The van der Waals surface area contributed by atoms with E-state index < -0.39 is 36.7 Å².